The van der Waals surface area contributed by atoms with Crippen LogP contribution < -0.4 is 5.32 Å². The summed E-state index contributed by atoms with van der Waals surface area (Å²) in [4.78, 5) is 35.0. The second kappa shape index (κ2) is 10.9. The summed E-state index contributed by atoms with van der Waals surface area (Å²) in [6, 6.07) is 15.0. The number of aliphatic hydroxyl groups excluding tert-OH is 2. The fourth-order valence-electron chi connectivity index (χ4n) is 9.57. The predicted octanol–water partition coefficient (Wildman–Crippen LogP) is 3.10. The standard InChI is InChI=1S/C35H45N3O6/c1-20-29-30-26(34(29,3)4)17-35(20,30)36-32(41)31-28(21(2)40)27(19-39)44-38(31)18-22-6-5-7-25(16-22)23-8-10-24(11-9-23)33(42)37-12-14-43-15-13-37/h5-11,16,20-21,26-31,39-40H,12-15,17-19H2,1-4H3,(H,36,41)/t20-,21-,26-,27-,28+,29+,30?,31-,35+/m0/s1. The largest absolute Gasteiger partial charge is 0.394 e. The second-order valence-corrected chi connectivity index (χ2v) is 14.3. The number of benzene rings is 2. The van der Waals surface area contributed by atoms with Gasteiger partial charge in [0, 0.05) is 30.1 Å². The van der Waals surface area contributed by atoms with Gasteiger partial charge in [-0.1, -0.05) is 51.1 Å². The van der Waals surface area contributed by atoms with Crippen LogP contribution in [0.4, 0.5) is 0 Å². The van der Waals surface area contributed by atoms with Crippen molar-refractivity contribution in [2.45, 2.75) is 64.4 Å². The molecule has 0 bridgehead atoms. The van der Waals surface area contributed by atoms with E-state index in [-0.39, 0.29) is 24.0 Å². The Kier molecular flexibility index (Phi) is 7.41. The van der Waals surface area contributed by atoms with Gasteiger partial charge in [-0.25, -0.2) is 0 Å². The molecule has 3 N–H and O–H groups in total. The van der Waals surface area contributed by atoms with Crippen LogP contribution in [0.3, 0.4) is 0 Å². The highest BCUT2D eigenvalue weighted by Crippen LogP contribution is 2.81. The quantitative estimate of drug-likeness (QED) is 0.425. The number of rotatable bonds is 8. The van der Waals surface area contributed by atoms with Crippen LogP contribution in [0.5, 0.6) is 0 Å². The highest BCUT2D eigenvalue weighted by molar-refractivity contribution is 5.94. The average Bonchev–Trinajstić information content (AvgIpc) is 3.39. The number of hydrogen-bond donors (Lipinski definition) is 3. The Morgan fingerprint density at radius 2 is 1.80 bits per heavy atom. The minimum absolute atomic E-state index is 0.0139. The Bertz CT molecular complexity index is 1410. The number of hydroxylamine groups is 2. The minimum atomic E-state index is -0.834. The first-order chi connectivity index (χ1) is 21.1. The zero-order chi connectivity index (χ0) is 31.0. The maximum atomic E-state index is 14.1. The van der Waals surface area contributed by atoms with Crippen molar-refractivity contribution in [1.29, 1.82) is 0 Å². The summed E-state index contributed by atoms with van der Waals surface area (Å²) in [6.45, 7) is 11.0. The van der Waals surface area contributed by atoms with Crippen LogP contribution in [0, 0.1) is 35.0 Å². The smallest absolute Gasteiger partial charge is 0.254 e. The van der Waals surface area contributed by atoms with Gasteiger partial charge in [0.2, 0.25) is 5.91 Å². The van der Waals surface area contributed by atoms with Gasteiger partial charge < -0.3 is 25.2 Å². The normalized spacial score (nSPS) is 36.0. The van der Waals surface area contributed by atoms with E-state index in [1.54, 1.807) is 12.0 Å². The first-order valence-electron chi connectivity index (χ1n) is 16.2. The van der Waals surface area contributed by atoms with Crippen LogP contribution in [0.15, 0.2) is 48.5 Å². The lowest BCUT2D eigenvalue weighted by atomic mass is 9.21. The summed E-state index contributed by atoms with van der Waals surface area (Å²) >= 11 is 0. The van der Waals surface area contributed by atoms with E-state index in [1.165, 1.54) is 0 Å². The van der Waals surface area contributed by atoms with Gasteiger partial charge in [-0.05, 0) is 77.3 Å². The van der Waals surface area contributed by atoms with E-state index < -0.39 is 24.2 Å². The molecule has 236 valence electrons. The van der Waals surface area contributed by atoms with E-state index in [0.29, 0.717) is 67.5 Å². The number of nitrogens with one attached hydrogen (secondary N) is 1. The van der Waals surface area contributed by atoms with Crippen molar-refractivity contribution in [2.75, 3.05) is 32.9 Å². The van der Waals surface area contributed by atoms with Gasteiger partial charge in [0.25, 0.3) is 5.91 Å². The van der Waals surface area contributed by atoms with Crippen LogP contribution in [0.2, 0.25) is 0 Å². The van der Waals surface area contributed by atoms with E-state index in [4.69, 9.17) is 9.57 Å². The number of morpholine rings is 1. The molecule has 44 heavy (non-hydrogen) atoms. The minimum Gasteiger partial charge on any atom is -0.394 e. The van der Waals surface area contributed by atoms with E-state index in [0.717, 1.165) is 23.1 Å². The van der Waals surface area contributed by atoms with Crippen molar-refractivity contribution in [3.63, 3.8) is 0 Å². The topological polar surface area (TPSA) is 112 Å². The lowest BCUT2D eigenvalue weighted by Crippen LogP contribution is -2.90. The summed E-state index contributed by atoms with van der Waals surface area (Å²) in [5.41, 5.74) is 3.74. The van der Waals surface area contributed by atoms with Crippen LogP contribution in [0.25, 0.3) is 11.1 Å². The number of amides is 2. The van der Waals surface area contributed by atoms with E-state index in [2.05, 4.69) is 32.2 Å². The van der Waals surface area contributed by atoms with Gasteiger partial charge in [0.05, 0.1) is 32.5 Å². The highest BCUT2D eigenvalue weighted by atomic mass is 16.7. The first-order valence-corrected chi connectivity index (χ1v) is 16.2. The summed E-state index contributed by atoms with van der Waals surface area (Å²) in [7, 11) is 0. The van der Waals surface area contributed by atoms with Crippen molar-refractivity contribution in [3.05, 3.63) is 59.7 Å². The Balaban J connectivity index is 1.08. The number of aliphatic hydroxyl groups is 2. The third-order valence-corrected chi connectivity index (χ3v) is 11.9. The molecule has 2 aliphatic heterocycles. The van der Waals surface area contributed by atoms with Gasteiger partial charge in [-0.3, -0.25) is 14.4 Å². The molecular formula is C35H45N3O6. The zero-order valence-corrected chi connectivity index (χ0v) is 26.1. The molecule has 3 aliphatic carbocycles. The Hall–Kier alpha value is -2.82. The van der Waals surface area contributed by atoms with Gasteiger partial charge in [-0.2, -0.15) is 5.06 Å². The monoisotopic (exact) mass is 603 g/mol. The van der Waals surface area contributed by atoms with Gasteiger partial charge in [0.1, 0.15) is 12.1 Å². The fourth-order valence-corrected chi connectivity index (χ4v) is 9.57. The number of hydrogen-bond acceptors (Lipinski definition) is 7. The molecule has 3 saturated carbocycles. The van der Waals surface area contributed by atoms with Crippen molar-refractivity contribution in [1.82, 2.24) is 15.3 Å². The maximum Gasteiger partial charge on any atom is 0.254 e. The number of carbonyl (C=O) groups is 2. The number of nitrogens with zero attached hydrogens (tertiary/aromatic N) is 2. The fraction of sp³-hybridized carbons (Fsp3) is 0.600. The lowest BCUT2D eigenvalue weighted by molar-refractivity contribution is -0.349. The third kappa shape index (κ3) is 4.46. The molecule has 2 saturated heterocycles. The molecule has 1 unspecified atom stereocenters. The molecule has 0 radical (unpaired) electrons. The van der Waals surface area contributed by atoms with Crippen molar-refractivity contribution in [2.24, 2.45) is 35.0 Å². The molecule has 2 amide bonds. The zero-order valence-electron chi connectivity index (χ0n) is 26.1. The first kappa shape index (κ1) is 29.9. The molecule has 9 heteroatoms. The Morgan fingerprint density at radius 1 is 1.07 bits per heavy atom. The average molecular weight is 604 g/mol. The molecule has 7 rings (SSSR count). The Labute approximate surface area is 259 Å². The molecule has 9 nitrogen and oxygen atoms in total. The van der Waals surface area contributed by atoms with Crippen LogP contribution in [-0.2, 0) is 20.9 Å². The highest BCUT2D eigenvalue weighted by Gasteiger charge is 2.83. The summed E-state index contributed by atoms with van der Waals surface area (Å²) < 4.78 is 5.37. The lowest BCUT2D eigenvalue weighted by Gasteiger charge is -2.86. The van der Waals surface area contributed by atoms with Crippen molar-refractivity contribution in [3.8, 4) is 11.1 Å². The summed E-state index contributed by atoms with van der Waals surface area (Å²) in [6.07, 6.45) is -0.506. The SMILES string of the molecule is C[C@H](O)[C@@H]1[C@H](CO)ON(Cc2cccc(-c3ccc(C(=O)N4CCOCC4)cc3)c2)[C@@H]1C(=O)N[C@@]12C[C@H]3C1[C@@H]([C@@H]2C)C3(C)C. The van der Waals surface area contributed by atoms with Gasteiger partial charge in [-0.15, -0.1) is 0 Å². The van der Waals surface area contributed by atoms with Crippen molar-refractivity contribution < 1.29 is 29.4 Å². The molecule has 2 heterocycles. The van der Waals surface area contributed by atoms with Crippen LogP contribution >= 0.6 is 0 Å². The summed E-state index contributed by atoms with van der Waals surface area (Å²) in [5, 5.41) is 26.0. The number of ether oxygens (including phenoxy) is 1. The van der Waals surface area contributed by atoms with E-state index >= 15 is 0 Å². The van der Waals surface area contributed by atoms with Crippen LogP contribution in [0.1, 0.15) is 50.0 Å². The molecule has 0 spiro atoms. The number of carbonyl (C=O) groups excluding carboxylic acids is 2. The molecule has 2 aromatic carbocycles. The van der Waals surface area contributed by atoms with Gasteiger partial charge >= 0.3 is 0 Å². The maximum absolute atomic E-state index is 14.1. The van der Waals surface area contributed by atoms with E-state index in [1.807, 2.05) is 47.4 Å². The molecule has 5 aliphatic rings. The van der Waals surface area contributed by atoms with Crippen LogP contribution in [-0.4, -0.2) is 88.7 Å². The molecule has 2 aromatic rings. The van der Waals surface area contributed by atoms with E-state index in [9.17, 15) is 19.8 Å². The second-order valence-electron chi connectivity index (χ2n) is 14.3. The summed E-state index contributed by atoms with van der Waals surface area (Å²) in [5.74, 6) is 1.58. The van der Waals surface area contributed by atoms with Gasteiger partial charge in [0.15, 0.2) is 0 Å². The Morgan fingerprint density at radius 3 is 2.43 bits per heavy atom. The predicted molar refractivity (Wildman–Crippen MR) is 164 cm³/mol. The third-order valence-electron chi connectivity index (χ3n) is 11.9. The molecule has 0 aromatic heterocycles. The molecule has 5 fully saturated rings. The van der Waals surface area contributed by atoms with Crippen molar-refractivity contribution >= 4 is 11.8 Å². The molecular weight excluding hydrogens is 558 g/mol. The molecule has 9 atom stereocenters.